The van der Waals surface area contributed by atoms with E-state index in [1.54, 1.807) is 13.2 Å². The molecule has 0 saturated carbocycles. The Balaban J connectivity index is 2.85. The highest BCUT2D eigenvalue weighted by atomic mass is 32.2. The first-order valence-electron chi connectivity index (χ1n) is 3.63. The van der Waals surface area contributed by atoms with Crippen molar-refractivity contribution in [3.05, 3.63) is 17.5 Å². The molecule has 0 spiro atoms. The van der Waals surface area contributed by atoms with Crippen LogP contribution in [-0.4, -0.2) is 32.1 Å². The number of aromatic amines is 1. The van der Waals surface area contributed by atoms with Crippen molar-refractivity contribution in [2.75, 3.05) is 6.26 Å². The maximum absolute atomic E-state index is 11.0. The first-order valence-corrected chi connectivity index (χ1v) is 5.25. The number of rotatable bonds is 3. The Hall–Kier alpha value is -1.01. The zero-order valence-corrected chi connectivity index (χ0v) is 8.09. The van der Waals surface area contributed by atoms with Crippen molar-refractivity contribution < 1.29 is 14.5 Å². The van der Waals surface area contributed by atoms with Crippen LogP contribution in [0, 0.1) is 0 Å². The summed E-state index contributed by atoms with van der Waals surface area (Å²) in [5, 5.41) is 14.4. The maximum Gasteiger partial charge on any atom is 0.356 e. The van der Waals surface area contributed by atoms with Crippen LogP contribution in [0.25, 0.3) is 0 Å². The molecule has 5 nitrogen and oxygen atoms in total. The third-order valence-corrected chi connectivity index (χ3v) is 3.00. The monoisotopic (exact) mass is 202 g/mol. The zero-order chi connectivity index (χ0) is 10.0. The van der Waals surface area contributed by atoms with Crippen LogP contribution < -0.4 is 0 Å². The van der Waals surface area contributed by atoms with Crippen molar-refractivity contribution in [1.29, 1.82) is 0 Å². The normalized spacial score (nSPS) is 15.3. The first-order chi connectivity index (χ1) is 6.02. The number of nitrogens with zero attached hydrogens (tertiary/aromatic N) is 1. The van der Waals surface area contributed by atoms with Gasteiger partial charge in [0.15, 0.2) is 10.9 Å². The summed E-state index contributed by atoms with van der Waals surface area (Å²) in [6.07, 6.45) is 1.56. The van der Waals surface area contributed by atoms with Gasteiger partial charge in [-0.3, -0.25) is 5.10 Å². The van der Waals surface area contributed by atoms with Crippen molar-refractivity contribution in [3.8, 4) is 0 Å². The standard InChI is InChI=1S/C7H10N2O3S/c1-4(13(2)12)5-3-6(7(10)11)9-8-5/h3-4H,1-2H3,(H,8,9)(H,10,11). The van der Waals surface area contributed by atoms with E-state index in [2.05, 4.69) is 10.2 Å². The predicted octanol–water partition coefficient (Wildman–Crippen LogP) is 0.547. The topological polar surface area (TPSA) is 89.0 Å². The van der Waals surface area contributed by atoms with Gasteiger partial charge in [-0.2, -0.15) is 5.10 Å². The van der Waals surface area contributed by atoms with Gasteiger partial charge in [0.2, 0.25) is 0 Å². The predicted molar refractivity (Wildman–Crippen MR) is 48.0 cm³/mol. The minimum atomic E-state index is -1.09. The number of hydrogen-bond donors (Lipinski definition) is 2. The number of carboxylic acid groups (broad SMARTS) is 1. The summed E-state index contributed by atoms with van der Waals surface area (Å²) in [7, 11) is 0. The van der Waals surface area contributed by atoms with Gasteiger partial charge in [0.25, 0.3) is 0 Å². The lowest BCUT2D eigenvalue weighted by atomic mass is 10.3. The lowest BCUT2D eigenvalue weighted by Crippen LogP contribution is -2.07. The van der Waals surface area contributed by atoms with E-state index in [0.29, 0.717) is 5.69 Å². The van der Waals surface area contributed by atoms with E-state index in [1.807, 2.05) is 0 Å². The lowest BCUT2D eigenvalue weighted by Gasteiger charge is -2.10. The summed E-state index contributed by atoms with van der Waals surface area (Å²) in [6.45, 7) is 1.75. The SMILES string of the molecule is CC(c1cc(C(=O)O)n[nH]1)[S+](C)[O-]. The summed E-state index contributed by atoms with van der Waals surface area (Å²) >= 11 is -1.03. The Labute approximate surface area is 78.3 Å². The average Bonchev–Trinajstić information content (AvgIpc) is 2.50. The summed E-state index contributed by atoms with van der Waals surface area (Å²) in [4.78, 5) is 10.4. The molecular weight excluding hydrogens is 192 g/mol. The third kappa shape index (κ3) is 2.22. The van der Waals surface area contributed by atoms with Crippen LogP contribution in [0.2, 0.25) is 0 Å². The second-order valence-electron chi connectivity index (χ2n) is 2.65. The Kier molecular flexibility index (Phi) is 2.94. The van der Waals surface area contributed by atoms with Gasteiger partial charge in [0.05, 0.1) is 11.9 Å². The van der Waals surface area contributed by atoms with Crippen LogP contribution in [0.15, 0.2) is 6.07 Å². The molecule has 0 radical (unpaired) electrons. The van der Waals surface area contributed by atoms with Gasteiger partial charge in [-0.1, -0.05) is 0 Å². The molecule has 1 aromatic rings. The number of H-pyrrole nitrogens is 1. The molecule has 1 heterocycles. The van der Waals surface area contributed by atoms with E-state index in [1.165, 1.54) is 6.07 Å². The van der Waals surface area contributed by atoms with E-state index in [4.69, 9.17) is 5.11 Å². The Morgan fingerprint density at radius 1 is 1.85 bits per heavy atom. The van der Waals surface area contributed by atoms with Gasteiger partial charge in [0, 0.05) is 0 Å². The van der Waals surface area contributed by atoms with Gasteiger partial charge in [0.1, 0.15) is 0 Å². The van der Waals surface area contributed by atoms with Crippen LogP contribution in [0.3, 0.4) is 0 Å². The minimum Gasteiger partial charge on any atom is -0.616 e. The summed E-state index contributed by atoms with van der Waals surface area (Å²) in [5.74, 6) is -1.09. The summed E-state index contributed by atoms with van der Waals surface area (Å²) in [5.41, 5.74) is 0.533. The minimum absolute atomic E-state index is 0.0488. The van der Waals surface area contributed by atoms with Crippen molar-refractivity contribution in [1.82, 2.24) is 10.2 Å². The molecule has 0 aliphatic rings. The third-order valence-electron chi connectivity index (χ3n) is 1.75. The van der Waals surface area contributed by atoms with Crippen molar-refractivity contribution in [3.63, 3.8) is 0 Å². The Bertz CT molecular complexity index is 310. The molecule has 1 aromatic heterocycles. The molecule has 2 N–H and O–H groups in total. The van der Waals surface area contributed by atoms with E-state index in [0.717, 1.165) is 0 Å². The number of carboxylic acids is 1. The number of aromatic carboxylic acids is 1. The highest BCUT2D eigenvalue weighted by Crippen LogP contribution is 2.18. The largest absolute Gasteiger partial charge is 0.616 e. The lowest BCUT2D eigenvalue weighted by molar-refractivity contribution is 0.0690. The van der Waals surface area contributed by atoms with E-state index in [-0.39, 0.29) is 10.9 Å². The number of hydrogen-bond acceptors (Lipinski definition) is 3. The number of aromatic nitrogens is 2. The van der Waals surface area contributed by atoms with Gasteiger partial charge >= 0.3 is 5.97 Å². The zero-order valence-electron chi connectivity index (χ0n) is 7.27. The summed E-state index contributed by atoms with van der Waals surface area (Å²) < 4.78 is 11.0. The molecule has 0 aliphatic heterocycles. The van der Waals surface area contributed by atoms with Crippen molar-refractivity contribution in [2.24, 2.45) is 0 Å². The molecule has 72 valence electrons. The van der Waals surface area contributed by atoms with E-state index < -0.39 is 17.1 Å². The fourth-order valence-corrected chi connectivity index (χ4v) is 1.31. The molecule has 1 rings (SSSR count). The molecule has 2 unspecified atom stereocenters. The van der Waals surface area contributed by atoms with E-state index >= 15 is 0 Å². The molecule has 0 aromatic carbocycles. The maximum atomic E-state index is 11.0. The molecule has 0 amide bonds. The molecule has 2 atom stereocenters. The van der Waals surface area contributed by atoms with Gasteiger partial charge < -0.3 is 9.66 Å². The highest BCUT2D eigenvalue weighted by Gasteiger charge is 2.19. The molecular formula is C7H10N2O3S. The second-order valence-corrected chi connectivity index (χ2v) is 4.36. The molecule has 0 fully saturated rings. The first kappa shape index (κ1) is 10.1. The number of carbonyl (C=O) groups is 1. The van der Waals surface area contributed by atoms with E-state index in [9.17, 15) is 9.35 Å². The number of nitrogens with one attached hydrogen (secondary N) is 1. The Morgan fingerprint density at radius 3 is 2.85 bits per heavy atom. The van der Waals surface area contributed by atoms with Gasteiger partial charge in [-0.15, -0.1) is 0 Å². The highest BCUT2D eigenvalue weighted by molar-refractivity contribution is 7.90. The second kappa shape index (κ2) is 3.80. The Morgan fingerprint density at radius 2 is 2.46 bits per heavy atom. The van der Waals surface area contributed by atoms with Crippen LogP contribution >= 0.6 is 0 Å². The molecule has 6 heteroatoms. The quantitative estimate of drug-likeness (QED) is 0.700. The van der Waals surface area contributed by atoms with Crippen molar-refractivity contribution >= 4 is 17.1 Å². The fourth-order valence-electron chi connectivity index (χ4n) is 0.833. The molecule has 0 bridgehead atoms. The molecule has 0 saturated heterocycles. The summed E-state index contributed by atoms with van der Waals surface area (Å²) in [6, 6.07) is 1.40. The van der Waals surface area contributed by atoms with Crippen LogP contribution in [0.4, 0.5) is 0 Å². The van der Waals surface area contributed by atoms with Crippen LogP contribution in [-0.2, 0) is 11.2 Å². The van der Waals surface area contributed by atoms with Crippen molar-refractivity contribution in [2.45, 2.75) is 12.2 Å². The van der Waals surface area contributed by atoms with Crippen LogP contribution in [0.1, 0.15) is 28.4 Å². The molecule has 13 heavy (non-hydrogen) atoms. The smallest absolute Gasteiger partial charge is 0.356 e. The van der Waals surface area contributed by atoms with Gasteiger partial charge in [-0.25, -0.2) is 4.79 Å². The molecule has 0 aliphatic carbocycles. The van der Waals surface area contributed by atoms with Crippen LogP contribution in [0.5, 0.6) is 0 Å². The van der Waals surface area contributed by atoms with Gasteiger partial charge in [-0.05, 0) is 24.2 Å². The fraction of sp³-hybridized carbons (Fsp3) is 0.429. The average molecular weight is 202 g/mol.